The number of hydrogen-bond acceptors (Lipinski definition) is 3. The minimum atomic E-state index is 0.578. The average Bonchev–Trinajstić information content (AvgIpc) is 2.34. The summed E-state index contributed by atoms with van der Waals surface area (Å²) >= 11 is 11.9. The van der Waals surface area contributed by atoms with Crippen LogP contribution in [-0.2, 0) is 6.54 Å². The zero-order valence-electron chi connectivity index (χ0n) is 10.7. The molecule has 0 fully saturated rings. The molecule has 19 heavy (non-hydrogen) atoms. The molecule has 100 valence electrons. The lowest BCUT2D eigenvalue weighted by Gasteiger charge is -2.09. The SMILES string of the molecule is COc1cc(C)nc(CNc2cc(Cl)cc(Cl)c2)c1. The van der Waals surface area contributed by atoms with Crippen molar-refractivity contribution in [1.29, 1.82) is 0 Å². The van der Waals surface area contributed by atoms with Crippen LogP contribution >= 0.6 is 23.2 Å². The molecule has 0 aliphatic heterocycles. The minimum absolute atomic E-state index is 0.578. The van der Waals surface area contributed by atoms with Crippen LogP contribution in [0.1, 0.15) is 11.4 Å². The van der Waals surface area contributed by atoms with Gasteiger partial charge in [-0.2, -0.15) is 0 Å². The van der Waals surface area contributed by atoms with Crippen molar-refractivity contribution in [2.75, 3.05) is 12.4 Å². The number of rotatable bonds is 4. The third-order valence-corrected chi connectivity index (χ3v) is 2.99. The number of aryl methyl sites for hydroxylation is 1. The van der Waals surface area contributed by atoms with E-state index < -0.39 is 0 Å². The van der Waals surface area contributed by atoms with Gasteiger partial charge >= 0.3 is 0 Å². The van der Waals surface area contributed by atoms with Crippen LogP contribution in [0.4, 0.5) is 5.69 Å². The van der Waals surface area contributed by atoms with Gasteiger partial charge in [0.2, 0.25) is 0 Å². The quantitative estimate of drug-likeness (QED) is 0.912. The zero-order valence-corrected chi connectivity index (χ0v) is 12.2. The van der Waals surface area contributed by atoms with Gasteiger partial charge < -0.3 is 10.1 Å². The second kappa shape index (κ2) is 6.13. The fourth-order valence-electron chi connectivity index (χ4n) is 1.76. The molecule has 2 aromatic rings. The number of methoxy groups -OCH3 is 1. The highest BCUT2D eigenvalue weighted by molar-refractivity contribution is 6.35. The smallest absolute Gasteiger partial charge is 0.122 e. The van der Waals surface area contributed by atoms with Gasteiger partial charge in [0, 0.05) is 33.6 Å². The lowest BCUT2D eigenvalue weighted by atomic mass is 10.2. The molecule has 1 aromatic carbocycles. The normalized spacial score (nSPS) is 10.3. The highest BCUT2D eigenvalue weighted by Gasteiger charge is 2.02. The second-order valence-electron chi connectivity index (χ2n) is 4.15. The number of anilines is 1. The van der Waals surface area contributed by atoms with E-state index in [0.29, 0.717) is 16.6 Å². The summed E-state index contributed by atoms with van der Waals surface area (Å²) in [6.45, 7) is 2.51. The molecular formula is C14H14Cl2N2O. The van der Waals surface area contributed by atoms with Crippen LogP contribution in [0.2, 0.25) is 10.0 Å². The monoisotopic (exact) mass is 296 g/mol. The predicted octanol–water partition coefficient (Wildman–Crippen LogP) is 4.32. The predicted molar refractivity (Wildman–Crippen MR) is 79.3 cm³/mol. The summed E-state index contributed by atoms with van der Waals surface area (Å²) in [5.74, 6) is 0.799. The fraction of sp³-hybridized carbons (Fsp3) is 0.214. The van der Waals surface area contributed by atoms with Gasteiger partial charge in [-0.15, -0.1) is 0 Å². The molecule has 2 rings (SSSR count). The molecule has 0 aliphatic rings. The first-order chi connectivity index (χ1) is 9.06. The Morgan fingerprint density at radius 1 is 1.11 bits per heavy atom. The van der Waals surface area contributed by atoms with Crippen LogP contribution in [0.3, 0.4) is 0 Å². The van der Waals surface area contributed by atoms with Crippen LogP contribution in [0, 0.1) is 6.92 Å². The van der Waals surface area contributed by atoms with E-state index in [9.17, 15) is 0 Å². The molecule has 1 aromatic heterocycles. The summed E-state index contributed by atoms with van der Waals surface area (Å²) in [5, 5.41) is 4.44. The average molecular weight is 297 g/mol. The highest BCUT2D eigenvalue weighted by Crippen LogP contribution is 2.23. The standard InChI is InChI=1S/C14H14Cl2N2O/c1-9-3-14(19-2)7-13(18-9)8-17-12-5-10(15)4-11(16)6-12/h3-7,17H,8H2,1-2H3. The Kier molecular flexibility index (Phi) is 4.51. The molecule has 0 saturated heterocycles. The van der Waals surface area contributed by atoms with E-state index in [4.69, 9.17) is 27.9 Å². The highest BCUT2D eigenvalue weighted by atomic mass is 35.5. The summed E-state index contributed by atoms with van der Waals surface area (Å²) in [6.07, 6.45) is 0. The Morgan fingerprint density at radius 2 is 1.79 bits per heavy atom. The van der Waals surface area contributed by atoms with Gasteiger partial charge in [0.15, 0.2) is 0 Å². The maximum absolute atomic E-state index is 5.94. The number of nitrogens with one attached hydrogen (secondary N) is 1. The first-order valence-corrected chi connectivity index (χ1v) is 6.54. The van der Waals surface area contributed by atoms with Crippen LogP contribution in [-0.4, -0.2) is 12.1 Å². The third kappa shape index (κ3) is 4.01. The van der Waals surface area contributed by atoms with E-state index in [1.807, 2.05) is 31.2 Å². The Morgan fingerprint density at radius 3 is 2.42 bits per heavy atom. The Labute approximate surface area is 122 Å². The van der Waals surface area contributed by atoms with Gasteiger partial charge in [0.1, 0.15) is 5.75 Å². The number of pyridine rings is 1. The van der Waals surface area contributed by atoms with Crippen molar-refractivity contribution in [2.45, 2.75) is 13.5 Å². The lowest BCUT2D eigenvalue weighted by Crippen LogP contribution is -2.03. The van der Waals surface area contributed by atoms with E-state index in [2.05, 4.69) is 10.3 Å². The number of nitrogens with zero attached hydrogens (tertiary/aromatic N) is 1. The third-order valence-electron chi connectivity index (χ3n) is 2.55. The van der Waals surface area contributed by atoms with E-state index in [-0.39, 0.29) is 0 Å². The molecule has 0 radical (unpaired) electrons. The summed E-state index contributed by atoms with van der Waals surface area (Å²) in [4.78, 5) is 4.43. The molecule has 0 aliphatic carbocycles. The number of benzene rings is 1. The molecule has 0 bridgehead atoms. The molecule has 1 heterocycles. The van der Waals surface area contributed by atoms with Gasteiger partial charge in [-0.3, -0.25) is 4.98 Å². The molecule has 0 spiro atoms. The Bertz CT molecular complexity index is 567. The van der Waals surface area contributed by atoms with Crippen molar-refractivity contribution >= 4 is 28.9 Å². The van der Waals surface area contributed by atoms with Crippen molar-refractivity contribution in [3.05, 3.63) is 51.8 Å². The summed E-state index contributed by atoms with van der Waals surface area (Å²) in [5.41, 5.74) is 2.67. The molecule has 5 heteroatoms. The van der Waals surface area contributed by atoms with E-state index in [1.165, 1.54) is 0 Å². The van der Waals surface area contributed by atoms with Crippen LogP contribution in [0.15, 0.2) is 30.3 Å². The molecule has 1 N–H and O–H groups in total. The van der Waals surface area contributed by atoms with E-state index >= 15 is 0 Å². The van der Waals surface area contributed by atoms with Crippen molar-refractivity contribution < 1.29 is 4.74 Å². The van der Waals surface area contributed by atoms with Gasteiger partial charge in [-0.25, -0.2) is 0 Å². The minimum Gasteiger partial charge on any atom is -0.497 e. The summed E-state index contributed by atoms with van der Waals surface area (Å²) in [6, 6.07) is 9.12. The van der Waals surface area contributed by atoms with Gasteiger partial charge in [0.05, 0.1) is 19.3 Å². The van der Waals surface area contributed by atoms with Crippen molar-refractivity contribution in [3.63, 3.8) is 0 Å². The van der Waals surface area contributed by atoms with Gasteiger partial charge in [-0.05, 0) is 25.1 Å². The number of aromatic nitrogens is 1. The largest absolute Gasteiger partial charge is 0.497 e. The van der Waals surface area contributed by atoms with Gasteiger partial charge in [-0.1, -0.05) is 23.2 Å². The van der Waals surface area contributed by atoms with Crippen molar-refractivity contribution in [2.24, 2.45) is 0 Å². The van der Waals surface area contributed by atoms with Crippen molar-refractivity contribution in [1.82, 2.24) is 4.98 Å². The maximum atomic E-state index is 5.94. The molecular weight excluding hydrogens is 283 g/mol. The number of halogens is 2. The first kappa shape index (κ1) is 14.0. The van der Waals surface area contributed by atoms with Crippen molar-refractivity contribution in [3.8, 4) is 5.75 Å². The van der Waals surface area contributed by atoms with E-state index in [0.717, 1.165) is 22.8 Å². The van der Waals surface area contributed by atoms with Crippen LogP contribution < -0.4 is 10.1 Å². The lowest BCUT2D eigenvalue weighted by molar-refractivity contribution is 0.413. The number of ether oxygens (including phenoxy) is 1. The topological polar surface area (TPSA) is 34.1 Å². The maximum Gasteiger partial charge on any atom is 0.122 e. The molecule has 0 unspecified atom stereocenters. The fourth-order valence-corrected chi connectivity index (χ4v) is 2.29. The second-order valence-corrected chi connectivity index (χ2v) is 5.02. The van der Waals surface area contributed by atoms with Gasteiger partial charge in [0.25, 0.3) is 0 Å². The zero-order chi connectivity index (χ0) is 13.8. The van der Waals surface area contributed by atoms with Crippen LogP contribution in [0.5, 0.6) is 5.75 Å². The number of hydrogen-bond donors (Lipinski definition) is 1. The van der Waals surface area contributed by atoms with Crippen LogP contribution in [0.25, 0.3) is 0 Å². The summed E-state index contributed by atoms with van der Waals surface area (Å²) in [7, 11) is 1.64. The molecule has 0 saturated carbocycles. The molecule has 3 nitrogen and oxygen atoms in total. The molecule has 0 atom stereocenters. The Hall–Kier alpha value is -1.45. The molecule has 0 amide bonds. The Balaban J connectivity index is 2.11. The van der Waals surface area contributed by atoms with E-state index in [1.54, 1.807) is 13.2 Å². The summed E-state index contributed by atoms with van der Waals surface area (Å²) < 4.78 is 5.22. The first-order valence-electron chi connectivity index (χ1n) is 5.78.